The van der Waals surface area contributed by atoms with Crippen molar-refractivity contribution in [3.63, 3.8) is 0 Å². The molecule has 1 heterocycles. The van der Waals surface area contributed by atoms with Crippen molar-refractivity contribution in [2.45, 2.75) is 27.1 Å². The van der Waals surface area contributed by atoms with E-state index in [4.69, 9.17) is 23.7 Å². The van der Waals surface area contributed by atoms with Gasteiger partial charge in [0.1, 0.15) is 17.0 Å². The SMILES string of the molecule is CCOC(=O)c1c([N+](=O)[O-])c(-c2ccc(OCOC(C)OC)cc2)[nH]c(=O)c1C(=O)OCC. The molecule has 0 aliphatic heterocycles. The first kappa shape index (κ1) is 25.5. The van der Waals surface area contributed by atoms with Crippen LogP contribution in [0.1, 0.15) is 41.5 Å². The second-order valence-corrected chi connectivity index (χ2v) is 6.38. The number of methoxy groups -OCH3 is 1. The normalized spacial score (nSPS) is 11.5. The van der Waals surface area contributed by atoms with Crippen molar-refractivity contribution in [2.75, 3.05) is 27.1 Å². The van der Waals surface area contributed by atoms with Gasteiger partial charge in [-0.15, -0.1) is 0 Å². The Morgan fingerprint density at radius 1 is 1.06 bits per heavy atom. The van der Waals surface area contributed by atoms with Crippen molar-refractivity contribution in [3.8, 4) is 17.0 Å². The second-order valence-electron chi connectivity index (χ2n) is 6.38. The van der Waals surface area contributed by atoms with Crippen molar-refractivity contribution < 1.29 is 38.2 Å². The molecule has 12 nitrogen and oxygen atoms in total. The van der Waals surface area contributed by atoms with Crippen LogP contribution in [-0.2, 0) is 18.9 Å². The van der Waals surface area contributed by atoms with E-state index in [1.54, 1.807) is 6.92 Å². The molecule has 0 fully saturated rings. The van der Waals surface area contributed by atoms with E-state index in [1.165, 1.54) is 45.2 Å². The molecule has 178 valence electrons. The van der Waals surface area contributed by atoms with Crippen LogP contribution in [0, 0.1) is 10.1 Å². The van der Waals surface area contributed by atoms with Crippen molar-refractivity contribution >= 4 is 17.6 Å². The highest BCUT2D eigenvalue weighted by atomic mass is 16.7. The molecule has 0 saturated carbocycles. The topological polar surface area (TPSA) is 156 Å². The molecule has 0 bridgehead atoms. The molecule has 0 saturated heterocycles. The Kier molecular flexibility index (Phi) is 9.07. The minimum absolute atomic E-state index is 0.105. The standard InChI is InChI=1S/C21H24N2O10/c1-5-30-20(25)15-16(21(26)31-6-2)19(24)22-17(18(15)23(27)28)13-7-9-14(10-8-13)33-11-32-12(3)29-4/h7-10,12H,5-6,11H2,1-4H3,(H,22,24). The summed E-state index contributed by atoms with van der Waals surface area (Å²) in [6.07, 6.45) is -0.476. The number of carbonyl (C=O) groups is 2. The minimum atomic E-state index is -1.19. The van der Waals surface area contributed by atoms with Gasteiger partial charge in [0.2, 0.25) is 0 Å². The quantitative estimate of drug-likeness (QED) is 0.227. The summed E-state index contributed by atoms with van der Waals surface area (Å²) in [4.78, 5) is 51.0. The number of hydrogen-bond donors (Lipinski definition) is 1. The number of nitro groups is 1. The van der Waals surface area contributed by atoms with E-state index in [2.05, 4.69) is 4.98 Å². The van der Waals surface area contributed by atoms with Crippen LogP contribution in [0.15, 0.2) is 29.1 Å². The summed E-state index contributed by atoms with van der Waals surface area (Å²) in [5.41, 5.74) is -3.48. The molecule has 2 aromatic rings. The number of esters is 2. The molecule has 1 unspecified atom stereocenters. The number of ether oxygens (including phenoxy) is 5. The maximum Gasteiger partial charge on any atom is 0.346 e. The molecule has 33 heavy (non-hydrogen) atoms. The Morgan fingerprint density at radius 2 is 1.64 bits per heavy atom. The van der Waals surface area contributed by atoms with Crippen LogP contribution in [0.25, 0.3) is 11.3 Å². The predicted molar refractivity (Wildman–Crippen MR) is 114 cm³/mol. The van der Waals surface area contributed by atoms with Gasteiger partial charge in [0, 0.05) is 12.7 Å². The molecule has 1 atom stereocenters. The summed E-state index contributed by atoms with van der Waals surface area (Å²) in [7, 11) is 1.48. The number of aromatic nitrogens is 1. The number of pyridine rings is 1. The average Bonchev–Trinajstić information content (AvgIpc) is 2.78. The molecule has 0 aliphatic carbocycles. The maximum atomic E-state index is 12.7. The van der Waals surface area contributed by atoms with Gasteiger partial charge in [0.25, 0.3) is 5.56 Å². The number of hydrogen-bond acceptors (Lipinski definition) is 10. The Morgan fingerprint density at radius 3 is 2.15 bits per heavy atom. The third-order valence-corrected chi connectivity index (χ3v) is 4.33. The highest BCUT2D eigenvalue weighted by Gasteiger charge is 2.36. The zero-order valence-electron chi connectivity index (χ0n) is 18.5. The minimum Gasteiger partial charge on any atom is -0.467 e. The average molecular weight is 464 g/mol. The van der Waals surface area contributed by atoms with Gasteiger partial charge in [-0.25, -0.2) is 9.59 Å². The van der Waals surface area contributed by atoms with E-state index in [9.17, 15) is 24.5 Å². The van der Waals surface area contributed by atoms with Crippen LogP contribution in [0.4, 0.5) is 5.69 Å². The highest BCUT2D eigenvalue weighted by molar-refractivity contribution is 6.07. The number of H-pyrrole nitrogens is 1. The smallest absolute Gasteiger partial charge is 0.346 e. The van der Waals surface area contributed by atoms with Crippen LogP contribution in [-0.4, -0.2) is 55.3 Å². The summed E-state index contributed by atoms with van der Waals surface area (Å²) < 4.78 is 25.2. The van der Waals surface area contributed by atoms with E-state index in [0.717, 1.165) is 0 Å². The van der Waals surface area contributed by atoms with Gasteiger partial charge in [0.05, 0.1) is 18.1 Å². The first-order valence-corrected chi connectivity index (χ1v) is 9.91. The predicted octanol–water partition coefficient (Wildman–Crippen LogP) is 2.65. The Hall–Kier alpha value is -3.77. The van der Waals surface area contributed by atoms with E-state index in [0.29, 0.717) is 5.75 Å². The lowest BCUT2D eigenvalue weighted by Gasteiger charge is -2.13. The van der Waals surface area contributed by atoms with Gasteiger partial charge in [-0.2, -0.15) is 0 Å². The lowest BCUT2D eigenvalue weighted by molar-refractivity contribution is -0.384. The van der Waals surface area contributed by atoms with Crippen LogP contribution in [0.3, 0.4) is 0 Å². The maximum absolute atomic E-state index is 12.7. The van der Waals surface area contributed by atoms with Gasteiger partial charge in [-0.3, -0.25) is 14.9 Å². The van der Waals surface area contributed by atoms with Crippen LogP contribution < -0.4 is 10.3 Å². The van der Waals surface area contributed by atoms with Crippen LogP contribution in [0.2, 0.25) is 0 Å². The molecule has 1 N–H and O–H groups in total. The fourth-order valence-electron chi connectivity index (χ4n) is 2.77. The summed E-state index contributed by atoms with van der Waals surface area (Å²) in [6, 6.07) is 5.85. The Bertz CT molecular complexity index is 1060. The fourth-order valence-corrected chi connectivity index (χ4v) is 2.77. The Labute approximate surface area is 188 Å². The van der Waals surface area contributed by atoms with E-state index in [1.807, 2.05) is 0 Å². The largest absolute Gasteiger partial charge is 0.467 e. The first-order chi connectivity index (χ1) is 15.7. The number of rotatable bonds is 11. The van der Waals surface area contributed by atoms with Gasteiger partial charge in [-0.05, 0) is 45.0 Å². The van der Waals surface area contributed by atoms with Crippen molar-refractivity contribution in [1.82, 2.24) is 4.98 Å². The monoisotopic (exact) mass is 464 g/mol. The molecule has 12 heteroatoms. The summed E-state index contributed by atoms with van der Waals surface area (Å²) in [5, 5.41) is 11.9. The Balaban J connectivity index is 2.57. The number of carbonyl (C=O) groups excluding carboxylic acids is 2. The van der Waals surface area contributed by atoms with Crippen LogP contribution >= 0.6 is 0 Å². The molecular formula is C21H24N2O10. The zero-order chi connectivity index (χ0) is 24.5. The van der Waals surface area contributed by atoms with Gasteiger partial charge >= 0.3 is 17.6 Å². The van der Waals surface area contributed by atoms with Crippen LogP contribution in [0.5, 0.6) is 5.75 Å². The van der Waals surface area contributed by atoms with E-state index < -0.39 is 45.5 Å². The summed E-state index contributed by atoms with van der Waals surface area (Å²) in [5.74, 6) is -1.99. The van der Waals surface area contributed by atoms with Crippen molar-refractivity contribution in [1.29, 1.82) is 0 Å². The van der Waals surface area contributed by atoms with Gasteiger partial charge in [-0.1, -0.05) is 0 Å². The number of benzene rings is 1. The third-order valence-electron chi connectivity index (χ3n) is 4.33. The molecule has 0 radical (unpaired) electrons. The lowest BCUT2D eigenvalue weighted by Crippen LogP contribution is -2.27. The third kappa shape index (κ3) is 6.14. The molecule has 2 rings (SSSR count). The van der Waals surface area contributed by atoms with Crippen molar-refractivity contribution in [3.05, 3.63) is 55.9 Å². The first-order valence-electron chi connectivity index (χ1n) is 9.91. The lowest BCUT2D eigenvalue weighted by atomic mass is 10.0. The van der Waals surface area contributed by atoms with E-state index in [-0.39, 0.29) is 31.3 Å². The fraction of sp³-hybridized carbons (Fsp3) is 0.381. The second kappa shape index (κ2) is 11.7. The molecule has 1 aromatic carbocycles. The molecule has 1 aromatic heterocycles. The highest BCUT2D eigenvalue weighted by Crippen LogP contribution is 2.33. The molecule has 0 amide bonds. The zero-order valence-corrected chi connectivity index (χ0v) is 18.5. The van der Waals surface area contributed by atoms with Crippen molar-refractivity contribution in [2.24, 2.45) is 0 Å². The van der Waals surface area contributed by atoms with Gasteiger partial charge < -0.3 is 28.7 Å². The van der Waals surface area contributed by atoms with E-state index >= 15 is 0 Å². The molecular weight excluding hydrogens is 440 g/mol. The molecule has 0 spiro atoms. The molecule has 0 aliphatic rings. The van der Waals surface area contributed by atoms with Gasteiger partial charge in [0.15, 0.2) is 18.6 Å². The summed E-state index contributed by atoms with van der Waals surface area (Å²) >= 11 is 0. The number of nitrogens with one attached hydrogen (secondary N) is 1. The summed E-state index contributed by atoms with van der Waals surface area (Å²) in [6.45, 7) is 4.32. The number of nitrogens with zero attached hydrogens (tertiary/aromatic N) is 1. The number of aromatic amines is 1.